The van der Waals surface area contributed by atoms with E-state index in [0.29, 0.717) is 11.8 Å². The monoisotopic (exact) mass is 265 g/mol. The lowest BCUT2D eigenvalue weighted by atomic mass is 10.1. The lowest BCUT2D eigenvalue weighted by Crippen LogP contribution is -1.98. The van der Waals surface area contributed by atoms with E-state index in [0.717, 1.165) is 28.0 Å². The molecule has 1 fully saturated rings. The number of phenols is 1. The van der Waals surface area contributed by atoms with Gasteiger partial charge in [0.05, 0.1) is 11.7 Å². The maximum Gasteiger partial charge on any atom is 0.141 e. The van der Waals surface area contributed by atoms with Gasteiger partial charge in [0, 0.05) is 17.8 Å². The van der Waals surface area contributed by atoms with Gasteiger partial charge in [0.25, 0.3) is 0 Å². The lowest BCUT2D eigenvalue weighted by molar-refractivity contribution is 0.475. The van der Waals surface area contributed by atoms with Gasteiger partial charge in [-0.2, -0.15) is 0 Å². The van der Waals surface area contributed by atoms with E-state index in [1.807, 2.05) is 31.5 Å². The van der Waals surface area contributed by atoms with Gasteiger partial charge in [0.15, 0.2) is 0 Å². The minimum atomic E-state index is 0.294. The Bertz CT molecular complexity index is 803. The van der Waals surface area contributed by atoms with E-state index >= 15 is 0 Å². The molecule has 4 rings (SSSR count). The fourth-order valence-electron chi connectivity index (χ4n) is 2.74. The highest BCUT2D eigenvalue weighted by Gasteiger charge is 2.29. The van der Waals surface area contributed by atoms with Crippen molar-refractivity contribution in [3.63, 3.8) is 0 Å². The maximum atomic E-state index is 9.58. The average molecular weight is 265 g/mol. The van der Waals surface area contributed by atoms with Gasteiger partial charge in [-0.3, -0.25) is 4.98 Å². The van der Waals surface area contributed by atoms with E-state index in [1.54, 1.807) is 12.1 Å². The second kappa shape index (κ2) is 4.07. The first-order valence-electron chi connectivity index (χ1n) is 6.86. The molecule has 0 amide bonds. The Labute approximate surface area is 116 Å². The Hall–Kier alpha value is -2.36. The fourth-order valence-corrected chi connectivity index (χ4v) is 2.74. The molecule has 4 heteroatoms. The summed E-state index contributed by atoms with van der Waals surface area (Å²) in [5, 5.41) is 9.58. The number of fused-ring (bicyclic) bond motifs is 1. The Morgan fingerprint density at radius 2 is 2.10 bits per heavy atom. The second-order valence-electron chi connectivity index (χ2n) is 5.40. The zero-order valence-corrected chi connectivity index (χ0v) is 11.2. The largest absolute Gasteiger partial charge is 0.508 e. The van der Waals surface area contributed by atoms with Crippen LogP contribution in [0.3, 0.4) is 0 Å². The van der Waals surface area contributed by atoms with Gasteiger partial charge in [-0.1, -0.05) is 0 Å². The summed E-state index contributed by atoms with van der Waals surface area (Å²) < 4.78 is 2.32. The summed E-state index contributed by atoms with van der Waals surface area (Å²) in [6.07, 6.45) is 6.04. The number of pyridine rings is 1. The Kier molecular flexibility index (Phi) is 2.33. The first kappa shape index (κ1) is 11.5. The van der Waals surface area contributed by atoms with Gasteiger partial charge < -0.3 is 9.67 Å². The summed E-state index contributed by atoms with van der Waals surface area (Å²) >= 11 is 0. The topological polar surface area (TPSA) is 50.9 Å². The number of rotatable bonds is 2. The molecule has 0 unspecified atom stereocenters. The molecule has 1 aromatic carbocycles. The predicted octanol–water partition coefficient (Wildman–Crippen LogP) is 3.45. The number of phenolic OH excluding ortho intramolecular Hbond substituents is 1. The van der Waals surface area contributed by atoms with E-state index in [9.17, 15) is 5.11 Å². The van der Waals surface area contributed by atoms with Gasteiger partial charge in [-0.15, -0.1) is 0 Å². The minimum absolute atomic E-state index is 0.294. The van der Waals surface area contributed by atoms with Crippen LogP contribution in [0.25, 0.3) is 22.4 Å². The third-order valence-corrected chi connectivity index (χ3v) is 3.85. The van der Waals surface area contributed by atoms with Crippen LogP contribution < -0.4 is 0 Å². The zero-order valence-electron chi connectivity index (χ0n) is 11.2. The number of aryl methyl sites for hydroxylation is 1. The quantitative estimate of drug-likeness (QED) is 0.772. The molecule has 1 N–H and O–H groups in total. The molecule has 20 heavy (non-hydrogen) atoms. The lowest BCUT2D eigenvalue weighted by Gasteiger charge is -2.10. The molecule has 0 spiro atoms. The maximum absolute atomic E-state index is 9.58. The van der Waals surface area contributed by atoms with Crippen LogP contribution in [0.2, 0.25) is 0 Å². The first-order chi connectivity index (χ1) is 9.74. The van der Waals surface area contributed by atoms with E-state index < -0.39 is 0 Å². The van der Waals surface area contributed by atoms with Crippen molar-refractivity contribution in [1.82, 2.24) is 14.5 Å². The van der Waals surface area contributed by atoms with Crippen molar-refractivity contribution in [1.29, 1.82) is 0 Å². The number of benzene rings is 1. The number of aromatic nitrogens is 3. The highest BCUT2D eigenvalue weighted by atomic mass is 16.3. The number of imidazole rings is 1. The molecule has 1 aliphatic carbocycles. The Morgan fingerprint density at radius 1 is 1.25 bits per heavy atom. The smallest absolute Gasteiger partial charge is 0.141 e. The van der Waals surface area contributed by atoms with E-state index in [1.165, 1.54) is 12.8 Å². The number of aromatic hydroxyl groups is 1. The SMILES string of the molecule is Cc1cc(O)ccc1-c1nc2cnccc2n1C1CC1. The van der Waals surface area contributed by atoms with Gasteiger partial charge >= 0.3 is 0 Å². The molecule has 0 atom stereocenters. The van der Waals surface area contributed by atoms with Crippen LogP contribution in [0.5, 0.6) is 5.75 Å². The van der Waals surface area contributed by atoms with Crippen molar-refractivity contribution in [3.05, 3.63) is 42.2 Å². The summed E-state index contributed by atoms with van der Waals surface area (Å²) in [6.45, 7) is 2.00. The van der Waals surface area contributed by atoms with Crippen LogP contribution >= 0.6 is 0 Å². The van der Waals surface area contributed by atoms with Gasteiger partial charge in [-0.25, -0.2) is 4.98 Å². The normalized spacial score (nSPS) is 14.8. The van der Waals surface area contributed by atoms with Crippen LogP contribution in [0.4, 0.5) is 0 Å². The summed E-state index contributed by atoms with van der Waals surface area (Å²) in [4.78, 5) is 8.91. The summed E-state index contributed by atoms with van der Waals surface area (Å²) in [7, 11) is 0. The standard InChI is InChI=1S/C16H15N3O/c1-10-8-12(20)4-5-13(10)16-18-14-9-17-7-6-15(14)19(16)11-2-3-11/h4-9,11,20H,2-3H2,1H3. The molecule has 100 valence electrons. The number of hydrogen-bond acceptors (Lipinski definition) is 3. The van der Waals surface area contributed by atoms with Gasteiger partial charge in [-0.05, 0) is 49.6 Å². The molecule has 1 saturated carbocycles. The van der Waals surface area contributed by atoms with Crippen molar-refractivity contribution in [2.24, 2.45) is 0 Å². The molecule has 0 saturated heterocycles. The number of hydrogen-bond donors (Lipinski definition) is 1. The minimum Gasteiger partial charge on any atom is -0.508 e. The molecule has 2 aromatic heterocycles. The number of nitrogens with zero attached hydrogens (tertiary/aromatic N) is 3. The highest BCUT2D eigenvalue weighted by Crippen LogP contribution is 2.41. The van der Waals surface area contributed by atoms with Crippen molar-refractivity contribution >= 4 is 11.0 Å². The van der Waals surface area contributed by atoms with E-state index in [4.69, 9.17) is 4.98 Å². The highest BCUT2D eigenvalue weighted by molar-refractivity contribution is 5.81. The van der Waals surface area contributed by atoms with E-state index in [2.05, 4.69) is 9.55 Å². The second-order valence-corrected chi connectivity index (χ2v) is 5.40. The molecular formula is C16H15N3O. The fraction of sp³-hybridized carbons (Fsp3) is 0.250. The van der Waals surface area contributed by atoms with Crippen LogP contribution in [0.1, 0.15) is 24.4 Å². The molecule has 2 heterocycles. The summed E-state index contributed by atoms with van der Waals surface area (Å²) in [5.74, 6) is 1.27. The first-order valence-corrected chi connectivity index (χ1v) is 6.86. The van der Waals surface area contributed by atoms with Crippen molar-refractivity contribution in [2.45, 2.75) is 25.8 Å². The molecule has 4 nitrogen and oxygen atoms in total. The third-order valence-electron chi connectivity index (χ3n) is 3.85. The molecule has 0 radical (unpaired) electrons. The van der Waals surface area contributed by atoms with Gasteiger partial charge in [0.2, 0.25) is 0 Å². The van der Waals surface area contributed by atoms with Crippen molar-refractivity contribution < 1.29 is 5.11 Å². The molecule has 1 aliphatic rings. The molecule has 0 bridgehead atoms. The molecular weight excluding hydrogens is 250 g/mol. The third kappa shape index (κ3) is 1.68. The molecule has 3 aromatic rings. The van der Waals surface area contributed by atoms with Gasteiger partial charge in [0.1, 0.15) is 17.1 Å². The summed E-state index contributed by atoms with van der Waals surface area (Å²) in [6, 6.07) is 8.02. The molecule has 0 aliphatic heterocycles. The average Bonchev–Trinajstić information content (AvgIpc) is 3.19. The van der Waals surface area contributed by atoms with Crippen LogP contribution in [0, 0.1) is 6.92 Å². The van der Waals surface area contributed by atoms with E-state index in [-0.39, 0.29) is 0 Å². The summed E-state index contributed by atoms with van der Waals surface area (Å²) in [5.41, 5.74) is 4.19. The predicted molar refractivity (Wildman–Crippen MR) is 77.6 cm³/mol. The van der Waals surface area contributed by atoms with Crippen molar-refractivity contribution in [3.8, 4) is 17.1 Å². The van der Waals surface area contributed by atoms with Crippen LogP contribution in [-0.2, 0) is 0 Å². The Morgan fingerprint density at radius 3 is 2.85 bits per heavy atom. The Balaban J connectivity index is 2.01. The zero-order chi connectivity index (χ0) is 13.7. The van der Waals surface area contributed by atoms with Crippen LogP contribution in [0.15, 0.2) is 36.7 Å². The van der Waals surface area contributed by atoms with Crippen molar-refractivity contribution in [2.75, 3.05) is 0 Å². The van der Waals surface area contributed by atoms with Crippen LogP contribution in [-0.4, -0.2) is 19.6 Å².